The number of aromatic nitrogens is 4. The topological polar surface area (TPSA) is 91.5 Å². The van der Waals surface area contributed by atoms with Crippen LogP contribution in [0.4, 0.5) is 24.5 Å². The number of hydrogen-bond donors (Lipinski definition) is 0. The SMILES string of the molecule is CN(C)CCN(C)c1cc(-c2cccnc2)c(F)cc1N(C=O)Cc1ccc(-c2nnc(C(F)F)o2)cn1. The molecule has 3 aromatic heterocycles. The van der Waals surface area contributed by atoms with E-state index in [2.05, 4.69) is 20.2 Å². The van der Waals surface area contributed by atoms with E-state index in [-0.39, 0.29) is 12.4 Å². The van der Waals surface area contributed by atoms with Crippen molar-refractivity contribution >= 4 is 17.8 Å². The number of carbonyl (C=O) groups is 1. The van der Waals surface area contributed by atoms with Gasteiger partial charge in [-0.25, -0.2) is 4.39 Å². The number of anilines is 2. The maximum Gasteiger partial charge on any atom is 0.314 e. The normalized spacial score (nSPS) is 11.3. The molecule has 0 aliphatic carbocycles. The fourth-order valence-corrected chi connectivity index (χ4v) is 3.74. The molecule has 0 radical (unpaired) electrons. The summed E-state index contributed by atoms with van der Waals surface area (Å²) in [5, 5.41) is 6.92. The smallest absolute Gasteiger partial charge is 0.314 e. The standard InChI is InChI=1S/C26H26F3N7O2/c1-34(2)9-10-35(3)22-11-20(17-5-4-8-30-13-17)21(27)12-23(22)36(16-37)15-19-7-6-18(14-31-19)25-32-33-26(38-25)24(28)29/h4-8,11-14,16,24H,9-10,15H2,1-3H3. The third-order valence-corrected chi connectivity index (χ3v) is 5.80. The Hall–Kier alpha value is -4.32. The van der Waals surface area contributed by atoms with E-state index in [1.165, 1.54) is 17.2 Å². The number of carbonyl (C=O) groups excluding carboxylic acids is 1. The molecule has 0 spiro atoms. The molecule has 4 rings (SSSR count). The van der Waals surface area contributed by atoms with Crippen molar-refractivity contribution in [2.45, 2.75) is 13.0 Å². The van der Waals surface area contributed by atoms with Gasteiger partial charge >= 0.3 is 6.43 Å². The summed E-state index contributed by atoms with van der Waals surface area (Å²) in [4.78, 5) is 25.9. The summed E-state index contributed by atoms with van der Waals surface area (Å²) < 4.78 is 45.8. The summed E-state index contributed by atoms with van der Waals surface area (Å²) >= 11 is 0. The fourth-order valence-electron chi connectivity index (χ4n) is 3.74. The Labute approximate surface area is 217 Å². The van der Waals surface area contributed by atoms with Crippen molar-refractivity contribution in [3.05, 3.63) is 72.4 Å². The largest absolute Gasteiger partial charge is 0.415 e. The predicted octanol–water partition coefficient (Wildman–Crippen LogP) is 4.43. The van der Waals surface area contributed by atoms with E-state index >= 15 is 4.39 Å². The molecule has 38 heavy (non-hydrogen) atoms. The molecule has 1 aromatic carbocycles. The van der Waals surface area contributed by atoms with Crippen LogP contribution in [0.25, 0.3) is 22.6 Å². The molecule has 0 aliphatic heterocycles. The Morgan fingerprint density at radius 2 is 1.82 bits per heavy atom. The van der Waals surface area contributed by atoms with Gasteiger partial charge in [-0.05, 0) is 38.4 Å². The number of hydrogen-bond acceptors (Lipinski definition) is 8. The van der Waals surface area contributed by atoms with E-state index in [0.29, 0.717) is 46.7 Å². The first-order valence-corrected chi connectivity index (χ1v) is 11.7. The molecule has 0 unspecified atom stereocenters. The van der Waals surface area contributed by atoms with Crippen LogP contribution in [-0.4, -0.2) is 65.7 Å². The maximum atomic E-state index is 15.3. The molecule has 9 nitrogen and oxygen atoms in total. The molecule has 198 valence electrons. The third-order valence-electron chi connectivity index (χ3n) is 5.80. The molecule has 12 heteroatoms. The highest BCUT2D eigenvalue weighted by Crippen LogP contribution is 2.36. The van der Waals surface area contributed by atoms with Gasteiger partial charge in [-0.3, -0.25) is 14.8 Å². The van der Waals surface area contributed by atoms with E-state index in [9.17, 15) is 13.6 Å². The highest BCUT2D eigenvalue weighted by molar-refractivity contribution is 5.87. The maximum absolute atomic E-state index is 15.3. The van der Waals surface area contributed by atoms with Crippen molar-refractivity contribution in [1.29, 1.82) is 0 Å². The average molecular weight is 526 g/mol. The summed E-state index contributed by atoms with van der Waals surface area (Å²) in [7, 11) is 5.79. The van der Waals surface area contributed by atoms with Gasteiger partial charge in [-0.15, -0.1) is 10.2 Å². The predicted molar refractivity (Wildman–Crippen MR) is 136 cm³/mol. The summed E-state index contributed by atoms with van der Waals surface area (Å²) in [6.07, 6.45) is 2.32. The Balaban J connectivity index is 1.65. The Bertz CT molecular complexity index is 1370. The van der Waals surface area contributed by atoms with Crippen molar-refractivity contribution in [1.82, 2.24) is 25.1 Å². The molecule has 0 saturated carbocycles. The minimum atomic E-state index is -2.88. The average Bonchev–Trinajstić information content (AvgIpc) is 3.42. The zero-order chi connectivity index (χ0) is 27.2. The zero-order valence-corrected chi connectivity index (χ0v) is 21.1. The quantitative estimate of drug-likeness (QED) is 0.266. The molecular weight excluding hydrogens is 499 g/mol. The van der Waals surface area contributed by atoms with Crippen LogP contribution in [0, 0.1) is 5.82 Å². The first-order valence-electron chi connectivity index (χ1n) is 11.7. The minimum absolute atomic E-state index is 0.0378. The van der Waals surface area contributed by atoms with Gasteiger partial charge in [0.1, 0.15) is 5.82 Å². The van der Waals surface area contributed by atoms with Crippen LogP contribution < -0.4 is 9.80 Å². The van der Waals surface area contributed by atoms with E-state index < -0.39 is 18.1 Å². The number of nitrogens with zero attached hydrogens (tertiary/aromatic N) is 7. The summed E-state index contributed by atoms with van der Waals surface area (Å²) in [5.74, 6) is -1.37. The van der Waals surface area contributed by atoms with Gasteiger partial charge < -0.3 is 19.1 Å². The number of benzene rings is 1. The second-order valence-corrected chi connectivity index (χ2v) is 8.80. The molecular formula is C26H26F3N7O2. The van der Waals surface area contributed by atoms with Gasteiger partial charge in [0.05, 0.1) is 29.2 Å². The molecule has 0 aliphatic rings. The second-order valence-electron chi connectivity index (χ2n) is 8.80. The molecule has 0 N–H and O–H groups in total. The van der Waals surface area contributed by atoms with Gasteiger partial charge in [0.25, 0.3) is 5.89 Å². The number of pyridine rings is 2. The first kappa shape index (κ1) is 26.7. The van der Waals surface area contributed by atoms with Crippen LogP contribution >= 0.6 is 0 Å². The van der Waals surface area contributed by atoms with Crippen molar-refractivity contribution in [2.75, 3.05) is 44.0 Å². The lowest BCUT2D eigenvalue weighted by atomic mass is 10.0. The molecule has 1 amide bonds. The van der Waals surface area contributed by atoms with E-state index in [1.54, 1.807) is 42.7 Å². The molecule has 0 fully saturated rings. The minimum Gasteiger partial charge on any atom is -0.415 e. The van der Waals surface area contributed by atoms with Crippen LogP contribution in [0.15, 0.2) is 59.4 Å². The third kappa shape index (κ3) is 6.14. The van der Waals surface area contributed by atoms with Crippen LogP contribution in [0.1, 0.15) is 18.0 Å². The fraction of sp³-hybridized carbons (Fsp3) is 0.269. The summed E-state index contributed by atoms with van der Waals surface area (Å²) in [6.45, 7) is 1.40. The zero-order valence-electron chi connectivity index (χ0n) is 21.1. The number of alkyl halides is 2. The van der Waals surface area contributed by atoms with Gasteiger partial charge in [0.2, 0.25) is 12.3 Å². The number of rotatable bonds is 11. The van der Waals surface area contributed by atoms with Crippen LogP contribution in [0.5, 0.6) is 0 Å². The van der Waals surface area contributed by atoms with E-state index in [4.69, 9.17) is 4.42 Å². The Morgan fingerprint density at radius 3 is 2.42 bits per heavy atom. The lowest BCUT2D eigenvalue weighted by Crippen LogP contribution is -2.31. The van der Waals surface area contributed by atoms with Crippen molar-refractivity contribution < 1.29 is 22.4 Å². The number of halogens is 3. The molecule has 0 bridgehead atoms. The monoisotopic (exact) mass is 525 g/mol. The lowest BCUT2D eigenvalue weighted by Gasteiger charge is -2.28. The van der Waals surface area contributed by atoms with Crippen LogP contribution in [0.3, 0.4) is 0 Å². The summed E-state index contributed by atoms with van der Waals surface area (Å²) in [5.41, 5.74) is 2.83. The van der Waals surface area contributed by atoms with Crippen molar-refractivity contribution in [3.8, 4) is 22.6 Å². The van der Waals surface area contributed by atoms with Crippen molar-refractivity contribution in [3.63, 3.8) is 0 Å². The van der Waals surface area contributed by atoms with Crippen LogP contribution in [-0.2, 0) is 11.3 Å². The van der Waals surface area contributed by atoms with Gasteiger partial charge in [-0.1, -0.05) is 6.07 Å². The Kier molecular flexibility index (Phi) is 8.31. The first-order chi connectivity index (χ1) is 18.3. The van der Waals surface area contributed by atoms with Crippen LogP contribution in [0.2, 0.25) is 0 Å². The van der Waals surface area contributed by atoms with E-state index in [1.807, 2.05) is 30.9 Å². The van der Waals surface area contributed by atoms with Crippen molar-refractivity contribution in [2.24, 2.45) is 0 Å². The molecule has 4 aromatic rings. The van der Waals surface area contributed by atoms with Gasteiger partial charge in [0, 0.05) is 55.9 Å². The lowest BCUT2D eigenvalue weighted by molar-refractivity contribution is -0.107. The molecule has 0 atom stereocenters. The van der Waals surface area contributed by atoms with E-state index in [0.717, 1.165) is 6.54 Å². The highest BCUT2D eigenvalue weighted by Gasteiger charge is 2.21. The second kappa shape index (κ2) is 11.8. The van der Waals surface area contributed by atoms with Gasteiger partial charge in [-0.2, -0.15) is 8.78 Å². The number of amides is 1. The highest BCUT2D eigenvalue weighted by atomic mass is 19.3. The summed E-state index contributed by atoms with van der Waals surface area (Å²) in [6, 6.07) is 9.72. The molecule has 3 heterocycles. The number of likely N-dealkylation sites (N-methyl/N-ethyl adjacent to an activating group) is 2. The molecule has 0 saturated heterocycles. The van der Waals surface area contributed by atoms with Gasteiger partial charge in [0.15, 0.2) is 0 Å². The Morgan fingerprint density at radius 1 is 1.00 bits per heavy atom.